The number of hydrogen-bond acceptors (Lipinski definition) is 10. The van der Waals surface area contributed by atoms with Gasteiger partial charge < -0.3 is 24.7 Å². The first-order valence-electron chi connectivity index (χ1n) is 13.4. The van der Waals surface area contributed by atoms with Gasteiger partial charge in [-0.25, -0.2) is 9.97 Å². The number of rotatable bonds is 9. The van der Waals surface area contributed by atoms with Gasteiger partial charge >= 0.3 is 0 Å². The number of ether oxygens (including phenoxy) is 4. The molecule has 0 fully saturated rings. The van der Waals surface area contributed by atoms with Crippen LogP contribution in [0, 0.1) is 0 Å². The Labute approximate surface area is 255 Å². The molecule has 0 spiro atoms. The van der Waals surface area contributed by atoms with Crippen LogP contribution in [0.2, 0.25) is 0 Å². The Morgan fingerprint density at radius 3 is 2.30 bits per heavy atom. The number of benzene rings is 3. The summed E-state index contributed by atoms with van der Waals surface area (Å²) in [4.78, 5) is 24.1. The first kappa shape index (κ1) is 28.3. The Hall–Kier alpha value is -4.87. The van der Waals surface area contributed by atoms with E-state index in [2.05, 4.69) is 10.3 Å². The van der Waals surface area contributed by atoms with Gasteiger partial charge in [-0.1, -0.05) is 41.7 Å². The molecule has 3 aromatic carbocycles. The van der Waals surface area contributed by atoms with Gasteiger partial charge in [0.2, 0.25) is 5.75 Å². The van der Waals surface area contributed by atoms with E-state index in [1.165, 1.54) is 22.7 Å². The minimum absolute atomic E-state index is 0.327. The minimum atomic E-state index is -0.360. The van der Waals surface area contributed by atoms with E-state index in [4.69, 9.17) is 29.7 Å². The number of amides is 1. The summed E-state index contributed by atoms with van der Waals surface area (Å²) < 4.78 is 23.3. The highest BCUT2D eigenvalue weighted by Gasteiger charge is 2.24. The lowest BCUT2D eigenvalue weighted by Crippen LogP contribution is -2.11. The van der Waals surface area contributed by atoms with Crippen molar-refractivity contribution in [2.75, 3.05) is 39.0 Å². The van der Waals surface area contributed by atoms with Crippen molar-refractivity contribution in [1.82, 2.24) is 9.97 Å². The van der Waals surface area contributed by atoms with Gasteiger partial charge in [0.05, 0.1) is 49.5 Å². The number of nitrogens with one attached hydrogen (secondary N) is 1. The van der Waals surface area contributed by atoms with Crippen molar-refractivity contribution in [2.45, 2.75) is 6.92 Å². The third kappa shape index (κ3) is 5.28. The van der Waals surface area contributed by atoms with Gasteiger partial charge in [-0.05, 0) is 54.4 Å². The number of nitrogens with two attached hydrogens (primary N) is 1. The molecule has 3 aromatic heterocycles. The Bertz CT molecular complexity index is 1940. The van der Waals surface area contributed by atoms with Crippen LogP contribution in [0.4, 0.5) is 10.8 Å². The standard InChI is InChI=1S/C32H28N4O5S2/c1-5-41-19-11-12-21-25(15-19)42-32(35-21)36-30(37)29-27(33)26-20(18-13-23(38-2)28(40-4)24(14-18)39-3)16-22(34-31(26)43-29)17-9-7-6-8-10-17/h6-16H,5,33H2,1-4H3,(H,35,36,37). The van der Waals surface area contributed by atoms with E-state index in [-0.39, 0.29) is 5.91 Å². The van der Waals surface area contributed by atoms with Gasteiger partial charge in [0.15, 0.2) is 16.6 Å². The molecule has 11 heteroatoms. The lowest BCUT2D eigenvalue weighted by atomic mass is 9.98. The predicted octanol–water partition coefficient (Wildman–Crippen LogP) is 7.50. The third-order valence-electron chi connectivity index (χ3n) is 6.84. The van der Waals surface area contributed by atoms with Crippen LogP contribution in [0.3, 0.4) is 0 Å². The van der Waals surface area contributed by atoms with Gasteiger partial charge in [-0.3, -0.25) is 10.1 Å². The van der Waals surface area contributed by atoms with Crippen molar-refractivity contribution in [3.05, 3.63) is 71.6 Å². The first-order valence-corrected chi connectivity index (χ1v) is 15.0. The fraction of sp³-hybridized carbons (Fsp3) is 0.156. The lowest BCUT2D eigenvalue weighted by molar-refractivity contribution is 0.103. The Morgan fingerprint density at radius 2 is 1.63 bits per heavy atom. The van der Waals surface area contributed by atoms with E-state index in [1.54, 1.807) is 21.3 Å². The smallest absolute Gasteiger partial charge is 0.269 e. The Morgan fingerprint density at radius 1 is 0.884 bits per heavy atom. The number of thiophene rings is 1. The monoisotopic (exact) mass is 612 g/mol. The molecule has 3 N–H and O–H groups in total. The zero-order chi connectivity index (χ0) is 30.1. The number of anilines is 2. The lowest BCUT2D eigenvalue weighted by Gasteiger charge is -2.15. The van der Waals surface area contributed by atoms with Crippen molar-refractivity contribution in [3.63, 3.8) is 0 Å². The summed E-state index contributed by atoms with van der Waals surface area (Å²) in [6.07, 6.45) is 0. The van der Waals surface area contributed by atoms with Crippen LogP contribution in [0.15, 0.2) is 66.7 Å². The molecule has 0 radical (unpaired) electrons. The van der Waals surface area contributed by atoms with E-state index in [0.717, 1.165) is 38.4 Å². The summed E-state index contributed by atoms with van der Waals surface area (Å²) in [7, 11) is 4.70. The average molecular weight is 613 g/mol. The van der Waals surface area contributed by atoms with Crippen molar-refractivity contribution in [2.24, 2.45) is 0 Å². The number of aromatic nitrogens is 2. The predicted molar refractivity (Wildman–Crippen MR) is 173 cm³/mol. The Balaban J connectivity index is 1.47. The van der Waals surface area contributed by atoms with Crippen LogP contribution in [0.25, 0.3) is 42.8 Å². The second-order valence-electron chi connectivity index (χ2n) is 9.40. The van der Waals surface area contributed by atoms with E-state index in [9.17, 15) is 4.79 Å². The van der Waals surface area contributed by atoms with Crippen LogP contribution >= 0.6 is 22.7 Å². The average Bonchev–Trinajstić information content (AvgIpc) is 3.59. The van der Waals surface area contributed by atoms with Gasteiger partial charge in [0.1, 0.15) is 15.5 Å². The van der Waals surface area contributed by atoms with Crippen LogP contribution in [0.5, 0.6) is 23.0 Å². The number of nitrogen functional groups attached to an aromatic ring is 1. The number of pyridine rings is 1. The zero-order valence-corrected chi connectivity index (χ0v) is 25.5. The number of thiazole rings is 1. The first-order chi connectivity index (χ1) is 20.9. The molecule has 3 heterocycles. The molecule has 0 aliphatic rings. The molecular formula is C32H28N4O5S2. The van der Waals surface area contributed by atoms with E-state index in [1.807, 2.05) is 73.7 Å². The number of fused-ring (bicyclic) bond motifs is 2. The molecule has 1 amide bonds. The Kier molecular flexibility index (Phi) is 7.75. The van der Waals surface area contributed by atoms with Gasteiger partial charge in [0, 0.05) is 10.9 Å². The van der Waals surface area contributed by atoms with Gasteiger partial charge in [-0.15, -0.1) is 11.3 Å². The maximum atomic E-state index is 13.6. The molecule has 43 heavy (non-hydrogen) atoms. The summed E-state index contributed by atoms with van der Waals surface area (Å²) in [6.45, 7) is 2.50. The summed E-state index contributed by atoms with van der Waals surface area (Å²) in [6, 6.07) is 21.2. The summed E-state index contributed by atoms with van der Waals surface area (Å²) in [5.74, 6) is 1.87. The molecule has 218 valence electrons. The topological polar surface area (TPSA) is 118 Å². The fourth-order valence-corrected chi connectivity index (χ4v) is 6.78. The normalized spacial score (nSPS) is 11.1. The minimum Gasteiger partial charge on any atom is -0.494 e. The molecule has 0 saturated heterocycles. The maximum absolute atomic E-state index is 13.6. The van der Waals surface area contributed by atoms with Crippen molar-refractivity contribution < 1.29 is 23.7 Å². The number of methoxy groups -OCH3 is 3. The van der Waals surface area contributed by atoms with Gasteiger partial charge in [-0.2, -0.15) is 0 Å². The quantitative estimate of drug-likeness (QED) is 0.172. The summed E-state index contributed by atoms with van der Waals surface area (Å²) in [5, 5.41) is 4.06. The molecular weight excluding hydrogens is 585 g/mol. The number of nitrogens with zero attached hydrogens (tertiary/aromatic N) is 2. The number of carbonyl (C=O) groups is 1. The van der Waals surface area contributed by atoms with Crippen molar-refractivity contribution >= 4 is 59.8 Å². The fourth-order valence-electron chi connectivity index (χ4n) is 4.88. The number of carbonyl (C=O) groups excluding carboxylic acids is 1. The highest BCUT2D eigenvalue weighted by atomic mass is 32.1. The van der Waals surface area contributed by atoms with Crippen LogP contribution in [-0.2, 0) is 0 Å². The van der Waals surface area contributed by atoms with E-state index >= 15 is 0 Å². The molecule has 9 nitrogen and oxygen atoms in total. The zero-order valence-electron chi connectivity index (χ0n) is 23.9. The summed E-state index contributed by atoms with van der Waals surface area (Å²) >= 11 is 2.60. The van der Waals surface area contributed by atoms with Crippen LogP contribution in [-0.4, -0.2) is 43.8 Å². The molecule has 0 saturated carbocycles. The molecule has 6 rings (SSSR count). The van der Waals surface area contributed by atoms with E-state index < -0.39 is 0 Å². The second kappa shape index (κ2) is 11.8. The molecule has 0 aliphatic heterocycles. The number of hydrogen-bond donors (Lipinski definition) is 2. The van der Waals surface area contributed by atoms with Crippen LogP contribution in [0.1, 0.15) is 16.6 Å². The molecule has 6 aromatic rings. The van der Waals surface area contributed by atoms with Crippen molar-refractivity contribution in [3.8, 4) is 45.4 Å². The largest absolute Gasteiger partial charge is 0.494 e. The SMILES string of the molecule is CCOc1ccc2nc(NC(=O)c3sc4nc(-c5ccccc5)cc(-c5cc(OC)c(OC)c(OC)c5)c4c3N)sc2c1. The van der Waals surface area contributed by atoms with E-state index in [0.29, 0.717) is 49.8 Å². The highest BCUT2D eigenvalue weighted by Crippen LogP contribution is 2.46. The van der Waals surface area contributed by atoms with Gasteiger partial charge in [0.25, 0.3) is 5.91 Å². The maximum Gasteiger partial charge on any atom is 0.269 e. The third-order valence-corrected chi connectivity index (χ3v) is 8.87. The molecule has 0 atom stereocenters. The van der Waals surface area contributed by atoms with Crippen molar-refractivity contribution in [1.29, 1.82) is 0 Å². The molecule has 0 aliphatic carbocycles. The molecule has 0 unspecified atom stereocenters. The van der Waals surface area contributed by atoms with Crippen LogP contribution < -0.4 is 30.0 Å². The summed E-state index contributed by atoms with van der Waals surface area (Å²) in [5.41, 5.74) is 11.0. The highest BCUT2D eigenvalue weighted by molar-refractivity contribution is 7.23. The molecule has 0 bridgehead atoms. The second-order valence-corrected chi connectivity index (χ2v) is 11.4.